The Morgan fingerprint density at radius 1 is 0.750 bits per heavy atom. The van der Waals surface area contributed by atoms with E-state index in [1.165, 1.54) is 73.1 Å². The maximum atomic E-state index is 6.25. The van der Waals surface area contributed by atoms with Crippen LogP contribution in [-0.2, 0) is 0 Å². The predicted octanol–water partition coefficient (Wildman–Crippen LogP) is 5.89. The van der Waals surface area contributed by atoms with Crippen LogP contribution in [0.5, 0.6) is 0 Å². The summed E-state index contributed by atoms with van der Waals surface area (Å²) in [6.45, 7) is 4.49. The second-order valence-electron chi connectivity index (χ2n) is 5.00. The summed E-state index contributed by atoms with van der Waals surface area (Å²) < 4.78 is 2.83. The van der Waals surface area contributed by atoms with Crippen molar-refractivity contribution < 1.29 is 0 Å². The van der Waals surface area contributed by atoms with E-state index in [4.69, 9.17) is 8.92 Å². The summed E-state index contributed by atoms with van der Waals surface area (Å²) in [5.74, 6) is 0. The quantitative estimate of drug-likeness (QED) is 0.522. The molecule has 16 heavy (non-hydrogen) atoms. The van der Waals surface area contributed by atoms with Crippen LogP contribution >= 0.6 is 8.92 Å². The SMILES string of the molecule is C1CCCCC1.CCC[CH2][SnH]([Cl])[CH2]CCC. The molecule has 0 aromatic rings. The average Bonchev–Trinajstić information content (AvgIpc) is 2.36. The molecule has 0 aromatic heterocycles. The molecular formula is C14H31ClSn. The van der Waals surface area contributed by atoms with Crippen LogP contribution in [0.3, 0.4) is 0 Å². The Morgan fingerprint density at radius 2 is 1.06 bits per heavy atom. The summed E-state index contributed by atoms with van der Waals surface area (Å²) in [7, 11) is 6.25. The standard InChI is InChI=1S/C6H12.2C4H9.ClH.Sn.H/c1-2-4-6-5-3-1;2*1-3-4-2;;;/h1-6H2;2*1,3-4H2,2H3;1H;;/q;;;;+1;/p-1. The van der Waals surface area contributed by atoms with E-state index in [-0.39, 0.29) is 0 Å². The van der Waals surface area contributed by atoms with Crippen molar-refractivity contribution in [2.75, 3.05) is 0 Å². The number of hydrogen-bond donors (Lipinski definition) is 0. The first-order valence-electron chi connectivity index (χ1n) is 7.45. The maximum absolute atomic E-state index is 6.25. The predicted molar refractivity (Wildman–Crippen MR) is 80.1 cm³/mol. The van der Waals surface area contributed by atoms with Gasteiger partial charge in [-0.3, -0.25) is 0 Å². The molecule has 0 spiro atoms. The fraction of sp³-hybridized carbons (Fsp3) is 1.00. The molecule has 1 aliphatic rings. The van der Waals surface area contributed by atoms with Crippen LogP contribution < -0.4 is 0 Å². The molecule has 0 amide bonds. The van der Waals surface area contributed by atoms with Crippen LogP contribution in [0.2, 0.25) is 8.87 Å². The first-order valence-corrected chi connectivity index (χ1v) is 16.3. The molecule has 1 aliphatic carbocycles. The van der Waals surface area contributed by atoms with E-state index in [9.17, 15) is 0 Å². The summed E-state index contributed by atoms with van der Waals surface area (Å²) >= 11 is -1.38. The molecule has 0 heterocycles. The third-order valence-corrected chi connectivity index (χ3v) is 12.1. The van der Waals surface area contributed by atoms with Crippen LogP contribution in [0.25, 0.3) is 0 Å². The first-order chi connectivity index (χ1) is 7.81. The average molecular weight is 354 g/mol. The van der Waals surface area contributed by atoms with Gasteiger partial charge in [0, 0.05) is 0 Å². The van der Waals surface area contributed by atoms with Gasteiger partial charge in [0.05, 0.1) is 0 Å². The summed E-state index contributed by atoms with van der Waals surface area (Å²) in [5, 5.41) is 0. The molecule has 0 nitrogen and oxygen atoms in total. The summed E-state index contributed by atoms with van der Waals surface area (Å²) in [5.41, 5.74) is 0. The van der Waals surface area contributed by atoms with Gasteiger partial charge in [-0.1, -0.05) is 38.5 Å². The zero-order valence-corrected chi connectivity index (χ0v) is 15.5. The van der Waals surface area contributed by atoms with E-state index in [0.29, 0.717) is 0 Å². The molecule has 0 bridgehead atoms. The van der Waals surface area contributed by atoms with Crippen molar-refractivity contribution >= 4 is 27.6 Å². The first kappa shape index (κ1) is 17.1. The normalized spacial score (nSPS) is 15.8. The van der Waals surface area contributed by atoms with Crippen LogP contribution in [0.1, 0.15) is 78.1 Å². The Morgan fingerprint density at radius 3 is 1.31 bits per heavy atom. The Hall–Kier alpha value is 1.09. The molecule has 0 saturated heterocycles. The second kappa shape index (κ2) is 14.2. The van der Waals surface area contributed by atoms with Crippen LogP contribution in [-0.4, -0.2) is 18.6 Å². The number of unbranched alkanes of at least 4 members (excludes halogenated alkanes) is 2. The van der Waals surface area contributed by atoms with Gasteiger partial charge in [-0.05, 0) is 0 Å². The van der Waals surface area contributed by atoms with E-state index in [0.717, 1.165) is 0 Å². The van der Waals surface area contributed by atoms with Crippen molar-refractivity contribution in [2.45, 2.75) is 86.9 Å². The molecule has 98 valence electrons. The molecule has 0 aliphatic heterocycles. The van der Waals surface area contributed by atoms with Gasteiger partial charge in [0.25, 0.3) is 0 Å². The van der Waals surface area contributed by atoms with Gasteiger partial charge in [-0.15, -0.1) is 0 Å². The zero-order chi connectivity index (χ0) is 12.1. The third-order valence-electron chi connectivity index (χ3n) is 3.24. The van der Waals surface area contributed by atoms with E-state index in [1.807, 2.05) is 0 Å². The Balaban J connectivity index is 0.000000315. The molecule has 0 unspecified atom stereocenters. The molecule has 2 heteroatoms. The molecular weight excluding hydrogens is 322 g/mol. The van der Waals surface area contributed by atoms with E-state index in [1.54, 1.807) is 0 Å². The number of halogens is 1. The van der Waals surface area contributed by atoms with Crippen LogP contribution in [0.4, 0.5) is 0 Å². The number of hydrogen-bond acceptors (Lipinski definition) is 0. The minimum atomic E-state index is -1.38. The van der Waals surface area contributed by atoms with Gasteiger partial charge >= 0.3 is 76.0 Å². The Kier molecular flexibility index (Phi) is 15.1. The molecule has 0 aromatic carbocycles. The van der Waals surface area contributed by atoms with Gasteiger partial charge in [0.2, 0.25) is 0 Å². The van der Waals surface area contributed by atoms with Crippen molar-refractivity contribution in [1.82, 2.24) is 0 Å². The Bertz CT molecular complexity index is 104. The molecule has 1 saturated carbocycles. The van der Waals surface area contributed by atoms with Gasteiger partial charge in [-0.2, -0.15) is 0 Å². The molecule has 1 fully saturated rings. The summed E-state index contributed by atoms with van der Waals surface area (Å²) in [6, 6.07) is 0. The van der Waals surface area contributed by atoms with Crippen molar-refractivity contribution in [1.29, 1.82) is 0 Å². The van der Waals surface area contributed by atoms with Crippen LogP contribution in [0, 0.1) is 0 Å². The van der Waals surface area contributed by atoms with Crippen molar-refractivity contribution in [2.24, 2.45) is 0 Å². The number of rotatable bonds is 6. The van der Waals surface area contributed by atoms with E-state index < -0.39 is 18.6 Å². The Labute approximate surface area is 114 Å². The van der Waals surface area contributed by atoms with Gasteiger partial charge in [0.1, 0.15) is 0 Å². The summed E-state index contributed by atoms with van der Waals surface area (Å²) in [6.07, 6.45) is 14.4. The van der Waals surface area contributed by atoms with E-state index >= 15 is 0 Å². The van der Waals surface area contributed by atoms with Crippen molar-refractivity contribution in [3.8, 4) is 0 Å². The van der Waals surface area contributed by atoms with E-state index in [2.05, 4.69) is 13.8 Å². The fourth-order valence-electron chi connectivity index (χ4n) is 2.06. The molecule has 1 rings (SSSR count). The second-order valence-corrected chi connectivity index (χ2v) is 15.8. The van der Waals surface area contributed by atoms with Gasteiger partial charge < -0.3 is 0 Å². The third kappa shape index (κ3) is 13.2. The fourth-order valence-corrected chi connectivity index (χ4v) is 9.81. The van der Waals surface area contributed by atoms with Gasteiger partial charge in [0.15, 0.2) is 0 Å². The van der Waals surface area contributed by atoms with Crippen molar-refractivity contribution in [3.63, 3.8) is 0 Å². The van der Waals surface area contributed by atoms with Crippen molar-refractivity contribution in [3.05, 3.63) is 0 Å². The molecule has 0 atom stereocenters. The topological polar surface area (TPSA) is 0 Å². The van der Waals surface area contributed by atoms with Crippen LogP contribution in [0.15, 0.2) is 0 Å². The minimum absolute atomic E-state index is 1.33. The monoisotopic (exact) mass is 354 g/mol. The van der Waals surface area contributed by atoms with Gasteiger partial charge in [-0.25, -0.2) is 0 Å². The zero-order valence-electron chi connectivity index (χ0n) is 11.4. The molecule has 0 radical (unpaired) electrons. The summed E-state index contributed by atoms with van der Waals surface area (Å²) in [4.78, 5) is 0. The molecule has 0 N–H and O–H groups in total.